The number of carbonyl (C=O) groups excluding carboxylic acids is 1. The maximum absolute atomic E-state index is 11.4. The van der Waals surface area contributed by atoms with Crippen LogP contribution in [-0.2, 0) is 9.59 Å². The summed E-state index contributed by atoms with van der Waals surface area (Å²) >= 11 is 1.43. The van der Waals surface area contributed by atoms with Gasteiger partial charge < -0.3 is 10.4 Å². The number of carboxylic acid groups (broad SMARTS) is 1. The van der Waals surface area contributed by atoms with Crippen molar-refractivity contribution in [1.29, 1.82) is 0 Å². The Morgan fingerprint density at radius 2 is 1.89 bits per heavy atom. The van der Waals surface area contributed by atoms with Crippen molar-refractivity contribution in [2.45, 2.75) is 36.5 Å². The van der Waals surface area contributed by atoms with Crippen molar-refractivity contribution in [3.8, 4) is 0 Å². The molecule has 0 saturated heterocycles. The molecule has 1 aromatic carbocycles. The predicted molar refractivity (Wildman–Crippen MR) is 71.6 cm³/mol. The molecule has 1 unspecified atom stereocenters. The molecule has 98 valence electrons. The van der Waals surface area contributed by atoms with Crippen LogP contribution in [0.25, 0.3) is 0 Å². The van der Waals surface area contributed by atoms with Gasteiger partial charge in [0.2, 0.25) is 5.91 Å². The normalized spacial score (nSPS) is 15.5. The molecule has 0 radical (unpaired) electrons. The zero-order chi connectivity index (χ0) is 13.8. The molecule has 4 nitrogen and oxygen atoms in total. The fraction of sp³-hybridized carbons (Fsp3) is 0.385. The second-order valence-electron chi connectivity index (χ2n) is 4.26. The molecule has 1 amide bonds. The summed E-state index contributed by atoms with van der Waals surface area (Å²) in [6.45, 7) is 4.64. The highest BCUT2D eigenvalue weighted by molar-refractivity contribution is 8.00. The average Bonchev–Trinajstić information content (AvgIpc) is 2.29. The molecule has 5 heteroatoms. The zero-order valence-electron chi connectivity index (χ0n) is 10.6. The van der Waals surface area contributed by atoms with E-state index in [-0.39, 0.29) is 11.2 Å². The summed E-state index contributed by atoms with van der Waals surface area (Å²) in [7, 11) is 0. The third kappa shape index (κ3) is 3.50. The molecule has 0 saturated carbocycles. The molecule has 2 atom stereocenters. The van der Waals surface area contributed by atoms with Gasteiger partial charge >= 0.3 is 5.97 Å². The minimum absolute atomic E-state index is 0.290. The third-order valence-corrected chi connectivity index (χ3v) is 4.12. The second kappa shape index (κ2) is 5.91. The summed E-state index contributed by atoms with van der Waals surface area (Å²) in [5, 5.41) is 11.5. The Hall–Kier alpha value is -1.49. The van der Waals surface area contributed by atoms with E-state index in [1.54, 1.807) is 6.92 Å². The number of amides is 1. The van der Waals surface area contributed by atoms with Crippen LogP contribution in [0.4, 0.5) is 0 Å². The van der Waals surface area contributed by atoms with E-state index in [1.807, 2.05) is 30.3 Å². The van der Waals surface area contributed by atoms with Crippen molar-refractivity contribution in [3.05, 3.63) is 30.3 Å². The van der Waals surface area contributed by atoms with Gasteiger partial charge in [-0.3, -0.25) is 4.79 Å². The van der Waals surface area contributed by atoms with E-state index in [9.17, 15) is 14.7 Å². The number of benzene rings is 1. The number of carbonyl (C=O) groups is 2. The van der Waals surface area contributed by atoms with Gasteiger partial charge in [0.05, 0.1) is 0 Å². The van der Waals surface area contributed by atoms with Crippen molar-refractivity contribution >= 4 is 23.6 Å². The lowest BCUT2D eigenvalue weighted by Crippen LogP contribution is -2.57. The number of nitrogens with one attached hydrogen (secondary N) is 1. The molecule has 0 aromatic heterocycles. The van der Waals surface area contributed by atoms with Crippen LogP contribution >= 0.6 is 11.8 Å². The minimum atomic E-state index is -1.29. The molecule has 1 rings (SSSR count). The first kappa shape index (κ1) is 14.6. The Balaban J connectivity index is 2.87. The van der Waals surface area contributed by atoms with Crippen molar-refractivity contribution < 1.29 is 14.7 Å². The summed E-state index contributed by atoms with van der Waals surface area (Å²) in [5.41, 5.74) is -1.29. The van der Waals surface area contributed by atoms with Crippen LogP contribution in [0.5, 0.6) is 0 Å². The molecule has 0 aliphatic rings. The van der Waals surface area contributed by atoms with Crippen molar-refractivity contribution in [1.82, 2.24) is 5.32 Å². The molecule has 0 fully saturated rings. The Morgan fingerprint density at radius 3 is 2.33 bits per heavy atom. The highest BCUT2D eigenvalue weighted by Crippen LogP contribution is 2.30. The number of thioether (sulfide) groups is 1. The topological polar surface area (TPSA) is 66.4 Å². The highest BCUT2D eigenvalue weighted by atomic mass is 32.2. The number of aliphatic carboxylic acids is 1. The Morgan fingerprint density at radius 1 is 1.33 bits per heavy atom. The van der Waals surface area contributed by atoms with Gasteiger partial charge in [0.15, 0.2) is 0 Å². The SMILES string of the molecule is CC(=O)N[C@](C)(C(=O)O)C(C)Sc1ccccc1. The smallest absolute Gasteiger partial charge is 0.330 e. The van der Waals surface area contributed by atoms with Crippen LogP contribution in [0.15, 0.2) is 35.2 Å². The first-order valence-electron chi connectivity index (χ1n) is 5.60. The molecule has 2 N–H and O–H groups in total. The first-order chi connectivity index (χ1) is 8.36. The summed E-state index contributed by atoms with van der Waals surface area (Å²) in [5.74, 6) is -1.38. The fourth-order valence-electron chi connectivity index (χ4n) is 1.52. The minimum Gasteiger partial charge on any atom is -0.479 e. The van der Waals surface area contributed by atoms with Crippen LogP contribution in [0.1, 0.15) is 20.8 Å². The van der Waals surface area contributed by atoms with Crippen LogP contribution in [0.2, 0.25) is 0 Å². The molecular weight excluding hydrogens is 250 g/mol. The highest BCUT2D eigenvalue weighted by Gasteiger charge is 2.40. The fourth-order valence-corrected chi connectivity index (χ4v) is 2.63. The standard InChI is InChI=1S/C13H17NO3S/c1-9(18-11-7-5-4-6-8-11)13(3,12(16)17)14-10(2)15/h4-9H,1-3H3,(H,14,15)(H,16,17)/t9?,13-/m0/s1. The van der Waals surface area contributed by atoms with E-state index < -0.39 is 11.5 Å². The van der Waals surface area contributed by atoms with Gasteiger partial charge in [-0.05, 0) is 19.1 Å². The Labute approximate surface area is 111 Å². The van der Waals surface area contributed by atoms with Gasteiger partial charge in [0.25, 0.3) is 0 Å². The molecule has 0 aliphatic carbocycles. The summed E-state index contributed by atoms with van der Waals surface area (Å²) < 4.78 is 0. The van der Waals surface area contributed by atoms with E-state index >= 15 is 0 Å². The van der Waals surface area contributed by atoms with E-state index in [1.165, 1.54) is 25.6 Å². The van der Waals surface area contributed by atoms with E-state index in [2.05, 4.69) is 5.32 Å². The zero-order valence-corrected chi connectivity index (χ0v) is 11.5. The van der Waals surface area contributed by atoms with Gasteiger partial charge in [0, 0.05) is 17.1 Å². The molecule has 18 heavy (non-hydrogen) atoms. The lowest BCUT2D eigenvalue weighted by Gasteiger charge is -2.31. The molecule has 0 aliphatic heterocycles. The molecule has 1 aromatic rings. The second-order valence-corrected chi connectivity index (χ2v) is 5.68. The molecule has 0 bridgehead atoms. The molecule has 0 spiro atoms. The Kier molecular flexibility index (Phi) is 4.78. The van der Waals surface area contributed by atoms with Gasteiger partial charge in [-0.2, -0.15) is 0 Å². The summed E-state index contributed by atoms with van der Waals surface area (Å²) in [6.07, 6.45) is 0. The van der Waals surface area contributed by atoms with Crippen molar-refractivity contribution in [3.63, 3.8) is 0 Å². The molecule has 0 heterocycles. The van der Waals surface area contributed by atoms with E-state index in [0.29, 0.717) is 0 Å². The van der Waals surface area contributed by atoms with Gasteiger partial charge in [-0.25, -0.2) is 4.79 Å². The Bertz CT molecular complexity index is 435. The summed E-state index contributed by atoms with van der Waals surface area (Å²) in [4.78, 5) is 23.5. The average molecular weight is 267 g/mol. The third-order valence-electron chi connectivity index (χ3n) is 2.75. The maximum Gasteiger partial charge on any atom is 0.330 e. The van der Waals surface area contributed by atoms with Crippen molar-refractivity contribution in [2.75, 3.05) is 0 Å². The number of hydrogen-bond donors (Lipinski definition) is 2. The van der Waals surface area contributed by atoms with Crippen LogP contribution in [0, 0.1) is 0 Å². The maximum atomic E-state index is 11.4. The van der Waals surface area contributed by atoms with Crippen LogP contribution < -0.4 is 5.32 Å². The number of rotatable bonds is 5. The van der Waals surface area contributed by atoms with Crippen LogP contribution in [-0.4, -0.2) is 27.8 Å². The van der Waals surface area contributed by atoms with Crippen molar-refractivity contribution in [2.24, 2.45) is 0 Å². The lowest BCUT2D eigenvalue weighted by atomic mass is 9.98. The molecular formula is C13H17NO3S. The van der Waals surface area contributed by atoms with Crippen LogP contribution in [0.3, 0.4) is 0 Å². The number of hydrogen-bond acceptors (Lipinski definition) is 3. The number of carboxylic acids is 1. The van der Waals surface area contributed by atoms with Gasteiger partial charge in [-0.1, -0.05) is 25.1 Å². The van der Waals surface area contributed by atoms with E-state index in [4.69, 9.17) is 0 Å². The van der Waals surface area contributed by atoms with Gasteiger partial charge in [-0.15, -0.1) is 11.8 Å². The largest absolute Gasteiger partial charge is 0.479 e. The van der Waals surface area contributed by atoms with E-state index in [0.717, 1.165) is 4.90 Å². The monoisotopic (exact) mass is 267 g/mol. The quantitative estimate of drug-likeness (QED) is 0.802. The first-order valence-corrected chi connectivity index (χ1v) is 6.48. The predicted octanol–water partition coefficient (Wildman–Crippen LogP) is 2.15. The van der Waals surface area contributed by atoms with Gasteiger partial charge in [0.1, 0.15) is 5.54 Å². The summed E-state index contributed by atoms with van der Waals surface area (Å²) in [6, 6.07) is 9.52. The lowest BCUT2D eigenvalue weighted by molar-refractivity contribution is -0.146.